The molecule has 0 aliphatic heterocycles. The van der Waals surface area contributed by atoms with E-state index in [4.69, 9.17) is 11.6 Å². The van der Waals surface area contributed by atoms with E-state index < -0.39 is 17.2 Å². The van der Waals surface area contributed by atoms with Crippen molar-refractivity contribution in [2.75, 3.05) is 0 Å². The van der Waals surface area contributed by atoms with Crippen LogP contribution in [0.25, 0.3) is 21.3 Å². The number of aromatic nitrogens is 2. The van der Waals surface area contributed by atoms with Crippen molar-refractivity contribution in [3.8, 4) is 10.6 Å². The lowest BCUT2D eigenvalue weighted by Gasteiger charge is -2.03. The van der Waals surface area contributed by atoms with Crippen LogP contribution in [0, 0.1) is 11.6 Å². The molecule has 1 aromatic carbocycles. The number of H-pyrrole nitrogens is 1. The van der Waals surface area contributed by atoms with Gasteiger partial charge in [-0.1, -0.05) is 11.6 Å². The standard InChI is InChI=1S/C12H5ClF2N2OS/c13-10-2-1-9(19-10)11-5-3-7(14)8(15)4-6(5)12(18)17-16-11/h1-4H,(H,17,18). The molecular weight excluding hydrogens is 294 g/mol. The minimum absolute atomic E-state index is 0.0495. The van der Waals surface area contributed by atoms with Gasteiger partial charge in [-0.15, -0.1) is 11.3 Å². The second kappa shape index (κ2) is 4.40. The maximum absolute atomic E-state index is 13.3. The number of hydrogen-bond acceptors (Lipinski definition) is 3. The molecule has 0 unspecified atom stereocenters. The summed E-state index contributed by atoms with van der Waals surface area (Å²) in [4.78, 5) is 12.3. The summed E-state index contributed by atoms with van der Waals surface area (Å²) in [5.41, 5.74) is -0.203. The van der Waals surface area contributed by atoms with Gasteiger partial charge >= 0.3 is 0 Å². The Kier molecular flexibility index (Phi) is 2.83. The number of nitrogens with one attached hydrogen (secondary N) is 1. The van der Waals surface area contributed by atoms with E-state index in [1.807, 2.05) is 0 Å². The Labute approximate surface area is 114 Å². The first-order chi connectivity index (χ1) is 9.06. The van der Waals surface area contributed by atoms with Gasteiger partial charge in [0, 0.05) is 5.39 Å². The number of thiophene rings is 1. The monoisotopic (exact) mass is 298 g/mol. The summed E-state index contributed by atoms with van der Waals surface area (Å²) in [6.07, 6.45) is 0. The van der Waals surface area contributed by atoms with Gasteiger partial charge in [-0.05, 0) is 24.3 Å². The molecule has 0 aliphatic carbocycles. The van der Waals surface area contributed by atoms with Crippen LogP contribution in [-0.4, -0.2) is 10.2 Å². The fourth-order valence-corrected chi connectivity index (χ4v) is 2.83. The molecule has 3 rings (SSSR count). The van der Waals surface area contributed by atoms with Gasteiger partial charge in [0.2, 0.25) is 0 Å². The van der Waals surface area contributed by atoms with Crippen LogP contribution in [0.15, 0.2) is 29.1 Å². The van der Waals surface area contributed by atoms with E-state index in [1.54, 1.807) is 12.1 Å². The maximum atomic E-state index is 13.3. The first-order valence-electron chi connectivity index (χ1n) is 5.19. The lowest BCUT2D eigenvalue weighted by atomic mass is 10.1. The summed E-state index contributed by atoms with van der Waals surface area (Å²) >= 11 is 7.07. The van der Waals surface area contributed by atoms with E-state index in [0.717, 1.165) is 12.1 Å². The third-order valence-corrected chi connectivity index (χ3v) is 3.87. The van der Waals surface area contributed by atoms with Crippen LogP contribution in [0.2, 0.25) is 4.34 Å². The minimum Gasteiger partial charge on any atom is -0.267 e. The number of benzene rings is 1. The first kappa shape index (κ1) is 12.3. The van der Waals surface area contributed by atoms with Gasteiger partial charge < -0.3 is 0 Å². The van der Waals surface area contributed by atoms with Crippen molar-refractivity contribution in [3.63, 3.8) is 0 Å². The van der Waals surface area contributed by atoms with E-state index in [9.17, 15) is 13.6 Å². The molecule has 19 heavy (non-hydrogen) atoms. The van der Waals surface area contributed by atoms with Crippen LogP contribution in [0.3, 0.4) is 0 Å². The molecule has 96 valence electrons. The predicted octanol–water partition coefficient (Wildman–Crippen LogP) is 3.58. The average molecular weight is 299 g/mol. The van der Waals surface area contributed by atoms with Crippen molar-refractivity contribution in [2.45, 2.75) is 0 Å². The molecule has 1 N–H and O–H groups in total. The van der Waals surface area contributed by atoms with Crippen LogP contribution in [0.5, 0.6) is 0 Å². The molecule has 7 heteroatoms. The molecule has 0 radical (unpaired) electrons. The lowest BCUT2D eigenvalue weighted by molar-refractivity contribution is 0.511. The SMILES string of the molecule is O=c1[nH]nc(-c2ccc(Cl)s2)c2cc(F)c(F)cc12. The summed E-state index contributed by atoms with van der Waals surface area (Å²) in [5, 5.41) is 6.45. The largest absolute Gasteiger partial charge is 0.272 e. The average Bonchev–Trinajstić information content (AvgIpc) is 2.79. The molecule has 0 amide bonds. The van der Waals surface area contributed by atoms with E-state index in [1.165, 1.54) is 11.3 Å². The van der Waals surface area contributed by atoms with Gasteiger partial charge in [-0.25, -0.2) is 13.9 Å². The van der Waals surface area contributed by atoms with E-state index in [0.29, 0.717) is 14.9 Å². The zero-order valence-electron chi connectivity index (χ0n) is 9.21. The predicted molar refractivity (Wildman–Crippen MR) is 70.6 cm³/mol. The molecule has 0 bridgehead atoms. The number of hydrogen-bond donors (Lipinski definition) is 1. The van der Waals surface area contributed by atoms with Crippen LogP contribution in [0.4, 0.5) is 8.78 Å². The number of aromatic amines is 1. The molecule has 0 saturated heterocycles. The lowest BCUT2D eigenvalue weighted by Crippen LogP contribution is -2.10. The van der Waals surface area contributed by atoms with Crippen molar-refractivity contribution < 1.29 is 8.78 Å². The molecule has 0 spiro atoms. The van der Waals surface area contributed by atoms with Crippen LogP contribution in [0.1, 0.15) is 0 Å². The Morgan fingerprint density at radius 1 is 1.16 bits per heavy atom. The summed E-state index contributed by atoms with van der Waals surface area (Å²) in [5.74, 6) is -2.09. The Hall–Kier alpha value is -1.79. The van der Waals surface area contributed by atoms with Crippen molar-refractivity contribution >= 4 is 33.7 Å². The van der Waals surface area contributed by atoms with Crippen molar-refractivity contribution in [3.05, 3.63) is 50.6 Å². The van der Waals surface area contributed by atoms with Crippen molar-refractivity contribution in [2.24, 2.45) is 0 Å². The molecule has 3 aromatic rings. The zero-order chi connectivity index (χ0) is 13.6. The topological polar surface area (TPSA) is 45.8 Å². The molecule has 2 aromatic heterocycles. The van der Waals surface area contributed by atoms with Crippen LogP contribution in [-0.2, 0) is 0 Å². The fraction of sp³-hybridized carbons (Fsp3) is 0. The van der Waals surface area contributed by atoms with Crippen molar-refractivity contribution in [1.29, 1.82) is 0 Å². The quantitative estimate of drug-likeness (QED) is 0.746. The second-order valence-corrected chi connectivity index (χ2v) is 5.53. The zero-order valence-corrected chi connectivity index (χ0v) is 10.8. The summed E-state index contributed by atoms with van der Waals surface area (Å²) < 4.78 is 27.1. The highest BCUT2D eigenvalue weighted by Crippen LogP contribution is 2.33. The van der Waals surface area contributed by atoms with E-state index in [2.05, 4.69) is 10.2 Å². The molecule has 0 aliphatic rings. The van der Waals surface area contributed by atoms with E-state index >= 15 is 0 Å². The summed E-state index contributed by atoms with van der Waals surface area (Å²) in [7, 11) is 0. The Balaban J connectivity index is 2.41. The minimum atomic E-state index is -1.07. The molecule has 0 fully saturated rings. The number of nitrogens with zero attached hydrogens (tertiary/aromatic N) is 1. The highest BCUT2D eigenvalue weighted by Gasteiger charge is 2.14. The smallest absolute Gasteiger partial charge is 0.267 e. The van der Waals surface area contributed by atoms with Gasteiger partial charge in [0.15, 0.2) is 11.6 Å². The number of fused-ring (bicyclic) bond motifs is 1. The maximum Gasteiger partial charge on any atom is 0.272 e. The van der Waals surface area contributed by atoms with Gasteiger partial charge in [-0.2, -0.15) is 5.10 Å². The van der Waals surface area contributed by atoms with Crippen molar-refractivity contribution in [1.82, 2.24) is 10.2 Å². The van der Waals surface area contributed by atoms with Crippen LogP contribution >= 0.6 is 22.9 Å². The Morgan fingerprint density at radius 3 is 2.47 bits per heavy atom. The summed E-state index contributed by atoms with van der Waals surface area (Å²) in [6.45, 7) is 0. The van der Waals surface area contributed by atoms with E-state index in [-0.39, 0.29) is 10.8 Å². The van der Waals surface area contributed by atoms with Crippen LogP contribution < -0.4 is 5.56 Å². The highest BCUT2D eigenvalue weighted by atomic mass is 35.5. The summed E-state index contributed by atoms with van der Waals surface area (Å²) in [6, 6.07) is 5.20. The third-order valence-electron chi connectivity index (χ3n) is 2.64. The highest BCUT2D eigenvalue weighted by molar-refractivity contribution is 7.19. The normalized spacial score (nSPS) is 11.1. The van der Waals surface area contributed by atoms with Gasteiger partial charge in [0.25, 0.3) is 5.56 Å². The fourth-order valence-electron chi connectivity index (χ4n) is 1.79. The molecule has 2 heterocycles. The second-order valence-electron chi connectivity index (χ2n) is 3.82. The number of rotatable bonds is 1. The molecular formula is C12H5ClF2N2OS. The molecule has 3 nitrogen and oxygen atoms in total. The van der Waals surface area contributed by atoms with Gasteiger partial charge in [0.05, 0.1) is 14.6 Å². The van der Waals surface area contributed by atoms with Gasteiger partial charge in [0.1, 0.15) is 5.69 Å². The first-order valence-corrected chi connectivity index (χ1v) is 6.39. The number of halogens is 3. The molecule has 0 saturated carbocycles. The third kappa shape index (κ3) is 2.02. The Bertz CT molecular complexity index is 843. The van der Waals surface area contributed by atoms with Gasteiger partial charge in [-0.3, -0.25) is 4.79 Å². The Morgan fingerprint density at radius 2 is 1.84 bits per heavy atom. The molecule has 0 atom stereocenters.